The minimum absolute atomic E-state index is 0.102. The summed E-state index contributed by atoms with van der Waals surface area (Å²) < 4.78 is 0. The molecular formula is C15H22O2. The Balaban J connectivity index is 2.31. The number of hydrogen-bond donors (Lipinski definition) is 1. The molecule has 1 fully saturated rings. The fourth-order valence-corrected chi connectivity index (χ4v) is 3.46. The maximum Gasteiger partial charge on any atom is 0.162 e. The van der Waals surface area contributed by atoms with E-state index in [0.29, 0.717) is 0 Å². The number of aliphatic hydroxyl groups is 1. The van der Waals surface area contributed by atoms with Crippen molar-refractivity contribution in [3.8, 4) is 0 Å². The third kappa shape index (κ3) is 2.37. The summed E-state index contributed by atoms with van der Waals surface area (Å²) in [7, 11) is 0. The van der Waals surface area contributed by atoms with Crippen LogP contribution in [0, 0.1) is 5.41 Å². The molecule has 2 nitrogen and oxygen atoms in total. The van der Waals surface area contributed by atoms with Gasteiger partial charge in [0.15, 0.2) is 5.78 Å². The van der Waals surface area contributed by atoms with Crippen molar-refractivity contribution in [3.05, 3.63) is 23.3 Å². The molecule has 0 radical (unpaired) electrons. The molecule has 0 bridgehead atoms. The zero-order chi connectivity index (χ0) is 12.5. The molecule has 2 aliphatic carbocycles. The highest BCUT2D eigenvalue weighted by atomic mass is 16.3. The van der Waals surface area contributed by atoms with Crippen molar-refractivity contribution in [2.24, 2.45) is 5.41 Å². The third-order valence-electron chi connectivity index (χ3n) is 4.12. The Labute approximate surface area is 103 Å². The zero-order valence-electron chi connectivity index (χ0n) is 10.8. The Kier molecular flexibility index (Phi) is 3.53. The summed E-state index contributed by atoms with van der Waals surface area (Å²) in [5.41, 5.74) is 2.23. The molecule has 1 N–H and O–H groups in total. The standard InChI is InChI=1S/C15H22O2/c1-11-6-5-9-15(7-3-4-8-15)14(11)13(17)10-12(2)16/h5-6,12,16H,3-4,7-10H2,1-2H3. The van der Waals surface area contributed by atoms with Gasteiger partial charge in [0.1, 0.15) is 0 Å². The van der Waals surface area contributed by atoms with Gasteiger partial charge in [-0.2, -0.15) is 0 Å². The molecule has 0 aromatic carbocycles. The van der Waals surface area contributed by atoms with E-state index in [4.69, 9.17) is 0 Å². The van der Waals surface area contributed by atoms with Crippen LogP contribution in [0.15, 0.2) is 23.3 Å². The van der Waals surface area contributed by atoms with E-state index in [0.717, 1.165) is 30.4 Å². The van der Waals surface area contributed by atoms with E-state index in [9.17, 15) is 9.90 Å². The van der Waals surface area contributed by atoms with Crippen molar-refractivity contribution in [2.75, 3.05) is 0 Å². The number of Topliss-reactive ketones (excluding diaryl/α,β-unsaturated/α-hetero) is 1. The van der Waals surface area contributed by atoms with E-state index in [1.807, 2.05) is 6.92 Å². The first-order chi connectivity index (χ1) is 8.05. The maximum atomic E-state index is 12.3. The van der Waals surface area contributed by atoms with Gasteiger partial charge in [-0.3, -0.25) is 4.79 Å². The lowest BCUT2D eigenvalue weighted by atomic mass is 9.69. The average molecular weight is 234 g/mol. The minimum Gasteiger partial charge on any atom is -0.393 e. The molecule has 94 valence electrons. The molecular weight excluding hydrogens is 212 g/mol. The molecule has 0 aliphatic heterocycles. The smallest absolute Gasteiger partial charge is 0.162 e. The van der Waals surface area contributed by atoms with Crippen LogP contribution < -0.4 is 0 Å². The Hall–Kier alpha value is -0.890. The van der Waals surface area contributed by atoms with Gasteiger partial charge in [0.05, 0.1) is 6.10 Å². The van der Waals surface area contributed by atoms with Gasteiger partial charge in [-0.25, -0.2) is 0 Å². The molecule has 17 heavy (non-hydrogen) atoms. The van der Waals surface area contributed by atoms with Crippen LogP contribution in [0.1, 0.15) is 52.4 Å². The molecule has 0 amide bonds. The molecule has 1 atom stereocenters. The molecule has 2 heteroatoms. The molecule has 0 aromatic rings. The fourth-order valence-electron chi connectivity index (χ4n) is 3.46. The van der Waals surface area contributed by atoms with Crippen molar-refractivity contribution >= 4 is 5.78 Å². The van der Waals surface area contributed by atoms with E-state index in [-0.39, 0.29) is 17.6 Å². The van der Waals surface area contributed by atoms with Crippen LogP contribution in [0.2, 0.25) is 0 Å². The van der Waals surface area contributed by atoms with Crippen LogP contribution >= 0.6 is 0 Å². The number of carbonyl (C=O) groups is 1. The first-order valence-electron chi connectivity index (χ1n) is 6.64. The number of carbonyl (C=O) groups excluding carboxylic acids is 1. The monoisotopic (exact) mass is 234 g/mol. The second-order valence-electron chi connectivity index (χ2n) is 5.63. The van der Waals surface area contributed by atoms with Gasteiger partial charge in [-0.1, -0.05) is 25.0 Å². The van der Waals surface area contributed by atoms with E-state index < -0.39 is 6.10 Å². The molecule has 2 rings (SSSR count). The van der Waals surface area contributed by atoms with E-state index in [1.54, 1.807) is 6.92 Å². The summed E-state index contributed by atoms with van der Waals surface area (Å²) in [4.78, 5) is 12.3. The van der Waals surface area contributed by atoms with Gasteiger partial charge in [0.2, 0.25) is 0 Å². The van der Waals surface area contributed by atoms with E-state index >= 15 is 0 Å². The van der Waals surface area contributed by atoms with Crippen LogP contribution in [-0.4, -0.2) is 17.0 Å². The molecule has 1 unspecified atom stereocenters. The number of hydrogen-bond acceptors (Lipinski definition) is 2. The zero-order valence-corrected chi connectivity index (χ0v) is 10.8. The lowest BCUT2D eigenvalue weighted by Crippen LogP contribution is -2.29. The third-order valence-corrected chi connectivity index (χ3v) is 4.12. The van der Waals surface area contributed by atoms with Crippen molar-refractivity contribution in [3.63, 3.8) is 0 Å². The summed E-state index contributed by atoms with van der Waals surface area (Å²) >= 11 is 0. The highest BCUT2D eigenvalue weighted by Crippen LogP contribution is 2.50. The van der Waals surface area contributed by atoms with Crippen LogP contribution in [0.25, 0.3) is 0 Å². The predicted octanol–water partition coefficient (Wildman–Crippen LogP) is 3.16. The van der Waals surface area contributed by atoms with E-state index in [2.05, 4.69) is 12.2 Å². The quantitative estimate of drug-likeness (QED) is 0.814. The van der Waals surface area contributed by atoms with Crippen LogP contribution in [0.4, 0.5) is 0 Å². The van der Waals surface area contributed by atoms with Gasteiger partial charge < -0.3 is 5.11 Å². The first kappa shape index (κ1) is 12.6. The summed E-state index contributed by atoms with van der Waals surface area (Å²) in [6, 6.07) is 0. The highest BCUT2D eigenvalue weighted by Gasteiger charge is 2.41. The fraction of sp³-hybridized carbons (Fsp3) is 0.667. The SMILES string of the molecule is CC1=C(C(=O)CC(C)O)C2(CC=C1)CCCC2. The van der Waals surface area contributed by atoms with Gasteiger partial charge >= 0.3 is 0 Å². The number of rotatable bonds is 3. The number of allylic oxidation sites excluding steroid dienone is 4. The average Bonchev–Trinajstić information content (AvgIpc) is 2.65. The molecule has 1 spiro atoms. The van der Waals surface area contributed by atoms with Crippen LogP contribution in [0.5, 0.6) is 0 Å². The molecule has 1 saturated carbocycles. The highest BCUT2D eigenvalue weighted by molar-refractivity contribution is 5.98. The Morgan fingerprint density at radius 2 is 2.12 bits per heavy atom. The van der Waals surface area contributed by atoms with Crippen LogP contribution in [0.3, 0.4) is 0 Å². The van der Waals surface area contributed by atoms with Crippen molar-refractivity contribution in [2.45, 2.75) is 58.5 Å². The summed E-state index contributed by atoms with van der Waals surface area (Å²) in [6.45, 7) is 3.72. The predicted molar refractivity (Wildman–Crippen MR) is 68.7 cm³/mol. The maximum absolute atomic E-state index is 12.3. The van der Waals surface area contributed by atoms with Crippen molar-refractivity contribution in [1.29, 1.82) is 0 Å². The summed E-state index contributed by atoms with van der Waals surface area (Å²) in [5.74, 6) is 0.156. The molecule has 0 heterocycles. The lowest BCUT2D eigenvalue weighted by Gasteiger charge is -2.34. The van der Waals surface area contributed by atoms with Crippen molar-refractivity contribution in [1.82, 2.24) is 0 Å². The second-order valence-corrected chi connectivity index (χ2v) is 5.63. The van der Waals surface area contributed by atoms with Crippen LogP contribution in [-0.2, 0) is 4.79 Å². The molecule has 2 aliphatic rings. The molecule has 0 aromatic heterocycles. The Morgan fingerprint density at radius 3 is 2.71 bits per heavy atom. The van der Waals surface area contributed by atoms with Gasteiger partial charge in [0.25, 0.3) is 0 Å². The van der Waals surface area contributed by atoms with Gasteiger partial charge in [0, 0.05) is 17.4 Å². The Bertz CT molecular complexity index is 368. The normalized spacial score (nSPS) is 24.4. The first-order valence-corrected chi connectivity index (χ1v) is 6.64. The minimum atomic E-state index is -0.535. The number of aliphatic hydroxyl groups excluding tert-OH is 1. The Morgan fingerprint density at radius 1 is 1.47 bits per heavy atom. The summed E-state index contributed by atoms with van der Waals surface area (Å²) in [6.07, 6.45) is 9.74. The topological polar surface area (TPSA) is 37.3 Å². The largest absolute Gasteiger partial charge is 0.393 e. The van der Waals surface area contributed by atoms with E-state index in [1.165, 1.54) is 12.8 Å². The second kappa shape index (κ2) is 4.77. The van der Waals surface area contributed by atoms with Gasteiger partial charge in [-0.15, -0.1) is 0 Å². The molecule has 0 saturated heterocycles. The van der Waals surface area contributed by atoms with Gasteiger partial charge in [-0.05, 0) is 38.7 Å². The summed E-state index contributed by atoms with van der Waals surface area (Å²) in [5, 5.41) is 9.41. The number of ketones is 1. The lowest BCUT2D eigenvalue weighted by molar-refractivity contribution is -0.118. The van der Waals surface area contributed by atoms with Crippen molar-refractivity contribution < 1.29 is 9.90 Å².